The smallest absolute Gasteiger partial charge is 0.323 e. The van der Waals surface area contributed by atoms with Gasteiger partial charge in [-0.2, -0.15) is 0 Å². The van der Waals surface area contributed by atoms with E-state index in [-0.39, 0.29) is 29.7 Å². The van der Waals surface area contributed by atoms with Crippen LogP contribution in [-0.4, -0.2) is 34.1 Å². The molecule has 0 aromatic rings. The zero-order valence-corrected chi connectivity index (χ0v) is 8.93. The first kappa shape index (κ1) is 14.5. The lowest BCUT2D eigenvalue weighted by Crippen LogP contribution is -2.27. The van der Waals surface area contributed by atoms with Crippen molar-refractivity contribution in [3.63, 3.8) is 0 Å². The van der Waals surface area contributed by atoms with Crippen LogP contribution in [-0.2, 0) is 4.79 Å². The van der Waals surface area contributed by atoms with Crippen LogP contribution in [0.4, 0.5) is 0 Å². The molecule has 0 unspecified atom stereocenters. The minimum atomic E-state index is -0.819. The maximum atomic E-state index is 10.2. The van der Waals surface area contributed by atoms with Crippen LogP contribution in [0.25, 0.3) is 0 Å². The average Bonchev–Trinajstić information content (AvgIpc) is 2.34. The Bertz CT molecular complexity index is 208. The summed E-state index contributed by atoms with van der Waals surface area (Å²) in [7, 11) is 0. The van der Waals surface area contributed by atoms with E-state index in [0.29, 0.717) is 6.67 Å². The van der Waals surface area contributed by atoms with Crippen LogP contribution in [0.1, 0.15) is 0 Å². The number of nitrogens with zero attached hydrogens (tertiary/aromatic N) is 2. The van der Waals surface area contributed by atoms with Gasteiger partial charge in [-0.25, -0.2) is 0 Å². The Balaban J connectivity index is 0. The molecule has 1 aliphatic rings. The molecule has 0 atom stereocenters. The van der Waals surface area contributed by atoms with E-state index >= 15 is 0 Å². The third kappa shape index (κ3) is 4.54. The van der Waals surface area contributed by atoms with E-state index in [9.17, 15) is 4.79 Å². The summed E-state index contributed by atoms with van der Waals surface area (Å²) in [5, 5.41) is 8.41. The predicted octanol–water partition coefficient (Wildman–Crippen LogP) is 1.00. The van der Waals surface area contributed by atoms with Gasteiger partial charge in [-0.1, -0.05) is 6.58 Å². The molecule has 4 N–H and O–H groups in total. The van der Waals surface area contributed by atoms with Gasteiger partial charge in [0.05, 0.1) is 6.67 Å². The summed E-state index contributed by atoms with van der Waals surface area (Å²) in [5.41, 5.74) is 0. The van der Waals surface area contributed by atoms with E-state index in [1.54, 1.807) is 23.5 Å². The van der Waals surface area contributed by atoms with E-state index in [1.165, 1.54) is 0 Å². The number of hydrogen-bond acceptors (Lipinski definition) is 4. The summed E-state index contributed by atoms with van der Waals surface area (Å²) in [6, 6.07) is 0. The summed E-state index contributed by atoms with van der Waals surface area (Å²) in [6.45, 7) is 4.18. The molecule has 0 saturated carbocycles. The Kier molecular flexibility index (Phi) is 7.26. The Labute approximate surface area is 87.7 Å². The third-order valence-electron chi connectivity index (χ3n) is 1.39. The highest BCUT2D eigenvalue weighted by atomic mass is 79.9. The van der Waals surface area contributed by atoms with E-state index in [1.807, 2.05) is 4.90 Å². The largest absolute Gasteiger partial charge is 0.480 e. The minimum Gasteiger partial charge on any atom is -0.480 e. The molecule has 1 rings (SSSR count). The number of carboxylic acid groups (broad SMARTS) is 1. The molecule has 0 aromatic heterocycles. The highest BCUT2D eigenvalue weighted by Gasteiger charge is 2.11. The molecule has 6 heteroatoms. The molecule has 1 aliphatic heterocycles. The van der Waals surface area contributed by atoms with Gasteiger partial charge in [0.2, 0.25) is 0 Å². The van der Waals surface area contributed by atoms with Gasteiger partial charge in [0.25, 0.3) is 0 Å². The van der Waals surface area contributed by atoms with Crippen LogP contribution in [0.15, 0.2) is 25.2 Å². The van der Waals surface area contributed by atoms with Crippen molar-refractivity contribution in [2.75, 3.05) is 13.2 Å². The highest BCUT2D eigenvalue weighted by molar-refractivity contribution is 8.93. The molecule has 1 heterocycles. The van der Waals surface area contributed by atoms with Crippen molar-refractivity contribution in [1.29, 1.82) is 0 Å². The van der Waals surface area contributed by atoms with Gasteiger partial charge in [0.15, 0.2) is 0 Å². The van der Waals surface area contributed by atoms with Crippen molar-refractivity contribution in [2.24, 2.45) is 0 Å². The maximum absolute atomic E-state index is 10.2. The van der Waals surface area contributed by atoms with Gasteiger partial charge < -0.3 is 21.1 Å². The molecule has 0 bridgehead atoms. The second-order valence-corrected chi connectivity index (χ2v) is 2.28. The lowest BCUT2D eigenvalue weighted by molar-refractivity contribution is -0.137. The minimum absolute atomic E-state index is 0. The van der Waals surface area contributed by atoms with Crippen molar-refractivity contribution in [1.82, 2.24) is 16.0 Å². The van der Waals surface area contributed by atoms with Gasteiger partial charge >= 0.3 is 5.97 Å². The van der Waals surface area contributed by atoms with Crippen molar-refractivity contribution >= 4 is 23.0 Å². The fourth-order valence-corrected chi connectivity index (χ4v) is 0.879. The average molecular weight is 252 g/mol. The first-order chi connectivity index (χ1) is 5.22. The van der Waals surface area contributed by atoms with Crippen LogP contribution in [0.2, 0.25) is 0 Å². The summed E-state index contributed by atoms with van der Waals surface area (Å²) in [6.07, 6.45) is 5.17. The van der Waals surface area contributed by atoms with Crippen LogP contribution >= 0.6 is 17.0 Å². The predicted molar refractivity (Wildman–Crippen MR) is 55.7 cm³/mol. The van der Waals surface area contributed by atoms with E-state index < -0.39 is 5.97 Å². The molecule has 0 amide bonds. The molecular weight excluding hydrogens is 238 g/mol. The Morgan fingerprint density at radius 1 is 1.62 bits per heavy atom. The second kappa shape index (κ2) is 6.50. The lowest BCUT2D eigenvalue weighted by Gasteiger charge is -2.15. The number of aliphatic carboxylic acids is 1. The topological polar surface area (TPSA) is 78.8 Å². The summed E-state index contributed by atoms with van der Waals surface area (Å²) >= 11 is 0. The molecule has 76 valence electrons. The zero-order valence-electron chi connectivity index (χ0n) is 7.22. The highest BCUT2D eigenvalue weighted by Crippen LogP contribution is 2.04. The Morgan fingerprint density at radius 3 is 2.62 bits per heavy atom. The maximum Gasteiger partial charge on any atom is 0.323 e. The zero-order chi connectivity index (χ0) is 8.27. The molecule has 13 heavy (non-hydrogen) atoms. The molecule has 0 aliphatic carbocycles. The first-order valence-corrected chi connectivity index (χ1v) is 3.25. The van der Waals surface area contributed by atoms with Crippen molar-refractivity contribution in [3.8, 4) is 0 Å². The van der Waals surface area contributed by atoms with Gasteiger partial charge in [-0.15, -0.1) is 17.0 Å². The Hall–Kier alpha value is -1.01. The van der Waals surface area contributed by atoms with Crippen LogP contribution < -0.4 is 6.15 Å². The van der Waals surface area contributed by atoms with Gasteiger partial charge in [-0.05, 0) is 6.20 Å². The second-order valence-electron chi connectivity index (χ2n) is 2.28. The number of hydrogen-bond donors (Lipinski definition) is 2. The van der Waals surface area contributed by atoms with Crippen LogP contribution in [0.5, 0.6) is 0 Å². The molecule has 0 radical (unpaired) electrons. The fourth-order valence-electron chi connectivity index (χ4n) is 0.879. The monoisotopic (exact) mass is 251 g/mol. The third-order valence-corrected chi connectivity index (χ3v) is 1.39. The van der Waals surface area contributed by atoms with Gasteiger partial charge in [0, 0.05) is 12.4 Å². The summed E-state index contributed by atoms with van der Waals surface area (Å²) < 4.78 is 0. The molecule has 0 saturated heterocycles. The number of rotatable bonds is 3. The van der Waals surface area contributed by atoms with Crippen LogP contribution in [0, 0.1) is 0 Å². The molecule has 0 aromatic carbocycles. The van der Waals surface area contributed by atoms with Crippen molar-refractivity contribution in [3.05, 3.63) is 25.2 Å². The fraction of sp³-hybridized carbons (Fsp3) is 0.286. The number of carbonyl (C=O) groups is 1. The molecular formula is C7H14BrN3O2. The van der Waals surface area contributed by atoms with E-state index in [4.69, 9.17) is 5.11 Å². The van der Waals surface area contributed by atoms with Crippen LogP contribution in [0.3, 0.4) is 0 Å². The number of halogens is 1. The number of carboxylic acids is 1. The van der Waals surface area contributed by atoms with Crippen molar-refractivity contribution in [2.45, 2.75) is 0 Å². The van der Waals surface area contributed by atoms with E-state index in [2.05, 4.69) is 6.58 Å². The SMILES string of the molecule is Br.C=CN1C=CN(CC(=O)O)C1.N. The molecule has 0 spiro atoms. The quantitative estimate of drug-likeness (QED) is 0.783. The lowest BCUT2D eigenvalue weighted by atomic mass is 10.6. The first-order valence-electron chi connectivity index (χ1n) is 3.25. The summed E-state index contributed by atoms with van der Waals surface area (Å²) in [5.74, 6) is -0.819. The van der Waals surface area contributed by atoms with Crippen molar-refractivity contribution < 1.29 is 9.90 Å². The van der Waals surface area contributed by atoms with Gasteiger partial charge in [-0.3, -0.25) is 4.79 Å². The van der Waals surface area contributed by atoms with Gasteiger partial charge in [0.1, 0.15) is 6.54 Å². The standard InChI is InChI=1S/C7H10N2O2.BrH.H3N/c1-2-8-3-4-9(6-8)5-7(10)11;;/h2-4H,1,5-6H2,(H,10,11);1H;1H3. The molecule has 5 nitrogen and oxygen atoms in total. The normalized spacial score (nSPS) is 13.2. The van der Waals surface area contributed by atoms with E-state index in [0.717, 1.165) is 0 Å². The Morgan fingerprint density at radius 2 is 2.23 bits per heavy atom. The molecule has 0 fully saturated rings. The summed E-state index contributed by atoms with van der Waals surface area (Å²) in [4.78, 5) is 13.7.